The molecule has 2 nitrogen and oxygen atoms in total. The average molecular weight is 284 g/mol. The van der Waals surface area contributed by atoms with Crippen molar-refractivity contribution in [1.82, 2.24) is 4.90 Å². The predicted molar refractivity (Wildman–Crippen MR) is 69.5 cm³/mol. The van der Waals surface area contributed by atoms with Crippen molar-refractivity contribution in [3.8, 4) is 0 Å². The molecular formula is C13H18BrNO. The number of ether oxygens (including phenoxy) is 1. The van der Waals surface area contributed by atoms with Gasteiger partial charge >= 0.3 is 0 Å². The number of morpholine rings is 1. The van der Waals surface area contributed by atoms with E-state index in [0.29, 0.717) is 0 Å². The fourth-order valence-corrected chi connectivity index (χ4v) is 2.43. The lowest BCUT2D eigenvalue weighted by molar-refractivity contribution is -0.0553. The van der Waals surface area contributed by atoms with Crippen LogP contribution in [0, 0.1) is 0 Å². The SMILES string of the molecule is CC1(C)COCCN1Cc1ccccc1Br. The van der Waals surface area contributed by atoms with E-state index in [1.54, 1.807) is 0 Å². The monoisotopic (exact) mass is 283 g/mol. The third-order valence-electron chi connectivity index (χ3n) is 3.14. The van der Waals surface area contributed by atoms with Crippen LogP contribution in [0.5, 0.6) is 0 Å². The summed E-state index contributed by atoms with van der Waals surface area (Å²) in [4.78, 5) is 2.48. The van der Waals surface area contributed by atoms with Crippen molar-refractivity contribution in [3.05, 3.63) is 34.3 Å². The lowest BCUT2D eigenvalue weighted by Gasteiger charge is -2.42. The Hall–Kier alpha value is -0.380. The summed E-state index contributed by atoms with van der Waals surface area (Å²) >= 11 is 3.60. The van der Waals surface area contributed by atoms with Gasteiger partial charge in [-0.25, -0.2) is 0 Å². The zero-order chi connectivity index (χ0) is 11.6. The summed E-state index contributed by atoms with van der Waals surface area (Å²) in [7, 11) is 0. The van der Waals surface area contributed by atoms with E-state index in [9.17, 15) is 0 Å². The minimum atomic E-state index is 0.132. The molecule has 2 rings (SSSR count). The molecule has 3 heteroatoms. The van der Waals surface area contributed by atoms with Gasteiger partial charge < -0.3 is 4.74 Å². The second-order valence-corrected chi connectivity index (χ2v) is 5.73. The van der Waals surface area contributed by atoms with Gasteiger partial charge in [-0.05, 0) is 25.5 Å². The van der Waals surface area contributed by atoms with Gasteiger partial charge in [0.15, 0.2) is 0 Å². The van der Waals surface area contributed by atoms with E-state index in [-0.39, 0.29) is 5.54 Å². The third kappa shape index (κ3) is 2.65. The molecule has 0 spiro atoms. The Bertz CT molecular complexity index is 365. The molecule has 16 heavy (non-hydrogen) atoms. The van der Waals surface area contributed by atoms with E-state index in [4.69, 9.17) is 4.74 Å². The third-order valence-corrected chi connectivity index (χ3v) is 3.91. The number of rotatable bonds is 2. The fraction of sp³-hybridized carbons (Fsp3) is 0.538. The Morgan fingerprint density at radius 1 is 1.38 bits per heavy atom. The van der Waals surface area contributed by atoms with Crippen LogP contribution in [0.3, 0.4) is 0 Å². The summed E-state index contributed by atoms with van der Waals surface area (Å²) in [5.74, 6) is 0. The maximum Gasteiger partial charge on any atom is 0.0645 e. The summed E-state index contributed by atoms with van der Waals surface area (Å²) in [6, 6.07) is 8.42. The maximum atomic E-state index is 5.53. The molecule has 1 aliphatic rings. The molecule has 0 unspecified atom stereocenters. The van der Waals surface area contributed by atoms with Crippen LogP contribution in [0.4, 0.5) is 0 Å². The van der Waals surface area contributed by atoms with E-state index in [1.807, 2.05) is 0 Å². The minimum Gasteiger partial charge on any atom is -0.378 e. The van der Waals surface area contributed by atoms with Crippen molar-refractivity contribution in [2.75, 3.05) is 19.8 Å². The zero-order valence-electron chi connectivity index (χ0n) is 9.87. The van der Waals surface area contributed by atoms with Crippen LogP contribution in [-0.4, -0.2) is 30.2 Å². The van der Waals surface area contributed by atoms with Gasteiger partial charge in [-0.1, -0.05) is 34.1 Å². The highest BCUT2D eigenvalue weighted by molar-refractivity contribution is 9.10. The van der Waals surface area contributed by atoms with Crippen molar-refractivity contribution < 1.29 is 4.74 Å². The number of hydrogen-bond donors (Lipinski definition) is 0. The smallest absolute Gasteiger partial charge is 0.0645 e. The highest BCUT2D eigenvalue weighted by Crippen LogP contribution is 2.24. The average Bonchev–Trinajstić information content (AvgIpc) is 2.24. The summed E-state index contributed by atoms with van der Waals surface area (Å²) in [6.45, 7) is 8.13. The fourth-order valence-electron chi connectivity index (χ4n) is 2.02. The Balaban J connectivity index is 2.12. The van der Waals surface area contributed by atoms with E-state index in [0.717, 1.165) is 26.3 Å². The van der Waals surface area contributed by atoms with Gasteiger partial charge in [-0.3, -0.25) is 4.90 Å². The molecule has 0 saturated carbocycles. The molecule has 0 N–H and O–H groups in total. The van der Waals surface area contributed by atoms with Crippen molar-refractivity contribution >= 4 is 15.9 Å². The van der Waals surface area contributed by atoms with Gasteiger partial charge in [0.1, 0.15) is 0 Å². The highest BCUT2D eigenvalue weighted by Gasteiger charge is 2.30. The molecule has 1 aliphatic heterocycles. The first-order chi connectivity index (χ1) is 7.59. The lowest BCUT2D eigenvalue weighted by atomic mass is 10.0. The molecule has 1 heterocycles. The number of hydrogen-bond acceptors (Lipinski definition) is 2. The van der Waals surface area contributed by atoms with Gasteiger partial charge in [0.05, 0.1) is 13.2 Å². The van der Waals surface area contributed by atoms with Gasteiger partial charge in [0.25, 0.3) is 0 Å². The molecular weight excluding hydrogens is 266 g/mol. The van der Waals surface area contributed by atoms with Crippen LogP contribution < -0.4 is 0 Å². The first kappa shape index (κ1) is 12.1. The first-order valence-electron chi connectivity index (χ1n) is 5.66. The molecule has 0 atom stereocenters. The normalized spacial score (nSPS) is 20.9. The van der Waals surface area contributed by atoms with Crippen molar-refractivity contribution in [2.45, 2.75) is 25.9 Å². The van der Waals surface area contributed by atoms with E-state index in [2.05, 4.69) is 58.9 Å². The zero-order valence-corrected chi connectivity index (χ0v) is 11.5. The van der Waals surface area contributed by atoms with Crippen LogP contribution >= 0.6 is 15.9 Å². The molecule has 1 aromatic rings. The molecule has 88 valence electrons. The molecule has 1 fully saturated rings. The number of benzene rings is 1. The van der Waals surface area contributed by atoms with E-state index < -0.39 is 0 Å². The van der Waals surface area contributed by atoms with Gasteiger partial charge in [-0.2, -0.15) is 0 Å². The Morgan fingerprint density at radius 2 is 2.12 bits per heavy atom. The van der Waals surface area contributed by atoms with Crippen LogP contribution in [0.25, 0.3) is 0 Å². The van der Waals surface area contributed by atoms with E-state index >= 15 is 0 Å². The summed E-state index contributed by atoms with van der Waals surface area (Å²) in [6.07, 6.45) is 0. The van der Waals surface area contributed by atoms with Crippen molar-refractivity contribution in [1.29, 1.82) is 0 Å². The van der Waals surface area contributed by atoms with Crippen LogP contribution in [0.2, 0.25) is 0 Å². The lowest BCUT2D eigenvalue weighted by Crippen LogP contribution is -2.52. The van der Waals surface area contributed by atoms with E-state index in [1.165, 1.54) is 10.0 Å². The topological polar surface area (TPSA) is 12.5 Å². The molecule has 0 amide bonds. The second kappa shape index (κ2) is 4.86. The Morgan fingerprint density at radius 3 is 2.81 bits per heavy atom. The summed E-state index contributed by atoms with van der Waals surface area (Å²) < 4.78 is 6.72. The summed E-state index contributed by atoms with van der Waals surface area (Å²) in [5, 5.41) is 0. The molecule has 0 radical (unpaired) electrons. The maximum absolute atomic E-state index is 5.53. The van der Waals surface area contributed by atoms with Crippen molar-refractivity contribution in [2.24, 2.45) is 0 Å². The molecule has 0 bridgehead atoms. The van der Waals surface area contributed by atoms with Gasteiger partial charge in [0, 0.05) is 23.1 Å². The largest absolute Gasteiger partial charge is 0.378 e. The molecule has 1 aromatic carbocycles. The Labute approximate surface area is 106 Å². The first-order valence-corrected chi connectivity index (χ1v) is 6.45. The predicted octanol–water partition coefficient (Wildman–Crippen LogP) is 3.06. The quantitative estimate of drug-likeness (QED) is 0.827. The second-order valence-electron chi connectivity index (χ2n) is 4.88. The molecule has 0 aromatic heterocycles. The van der Waals surface area contributed by atoms with Crippen LogP contribution in [-0.2, 0) is 11.3 Å². The molecule has 0 aliphatic carbocycles. The highest BCUT2D eigenvalue weighted by atomic mass is 79.9. The standard InChI is InChI=1S/C13H18BrNO/c1-13(2)10-16-8-7-15(13)9-11-5-3-4-6-12(11)14/h3-6H,7-10H2,1-2H3. The van der Waals surface area contributed by atoms with Gasteiger partial charge in [0.2, 0.25) is 0 Å². The molecule has 1 saturated heterocycles. The van der Waals surface area contributed by atoms with Crippen LogP contribution in [0.1, 0.15) is 19.4 Å². The van der Waals surface area contributed by atoms with Crippen LogP contribution in [0.15, 0.2) is 28.7 Å². The van der Waals surface area contributed by atoms with Crippen molar-refractivity contribution in [3.63, 3.8) is 0 Å². The Kier molecular flexibility index (Phi) is 3.67. The number of halogens is 1. The summed E-state index contributed by atoms with van der Waals surface area (Å²) in [5.41, 5.74) is 1.48. The van der Waals surface area contributed by atoms with Gasteiger partial charge in [-0.15, -0.1) is 0 Å². The number of nitrogens with zero attached hydrogens (tertiary/aromatic N) is 1. The minimum absolute atomic E-state index is 0.132.